The van der Waals surface area contributed by atoms with Crippen molar-refractivity contribution in [1.82, 2.24) is 4.37 Å². The number of carbonyl (C=O) groups is 1. The Morgan fingerprint density at radius 1 is 1.45 bits per heavy atom. The van der Waals surface area contributed by atoms with Crippen LogP contribution in [0, 0.1) is 0 Å². The monoisotopic (exact) mass is 301 g/mol. The minimum Gasteiger partial charge on any atom is -0.462 e. The summed E-state index contributed by atoms with van der Waals surface area (Å²) in [6.45, 7) is 6.65. The van der Waals surface area contributed by atoms with E-state index < -0.39 is 5.97 Å². The number of nitrogen functional groups attached to an aromatic ring is 1. The molecule has 3 N–H and O–H groups in total. The Labute approximate surface area is 123 Å². The Morgan fingerprint density at radius 3 is 2.60 bits per heavy atom. The van der Waals surface area contributed by atoms with Crippen LogP contribution in [-0.2, 0) is 4.74 Å². The zero-order chi connectivity index (χ0) is 15.1. The van der Waals surface area contributed by atoms with Crippen molar-refractivity contribution >= 4 is 28.3 Å². The van der Waals surface area contributed by atoms with Crippen LogP contribution in [0.1, 0.15) is 44.0 Å². The Hall–Kier alpha value is -1.34. The lowest BCUT2D eigenvalue weighted by atomic mass is 10.1. The number of rotatable bonds is 8. The van der Waals surface area contributed by atoms with E-state index in [9.17, 15) is 9.90 Å². The molecule has 1 rings (SSSR count). The number of nitrogens with two attached hydrogens (primary N) is 1. The number of ether oxygens (including phenoxy) is 1. The summed E-state index contributed by atoms with van der Waals surface area (Å²) >= 11 is 1.18. The van der Waals surface area contributed by atoms with Gasteiger partial charge in [0.1, 0.15) is 10.6 Å². The first-order valence-electron chi connectivity index (χ1n) is 6.90. The summed E-state index contributed by atoms with van der Waals surface area (Å²) in [4.78, 5) is 14.0. The molecule has 0 atom stereocenters. The molecule has 6 nitrogen and oxygen atoms in total. The molecule has 0 bridgehead atoms. The molecule has 0 spiro atoms. The summed E-state index contributed by atoms with van der Waals surface area (Å²) in [7, 11) is 0. The number of aliphatic hydroxyl groups excluding tert-OH is 1. The average molecular weight is 301 g/mol. The molecule has 0 aliphatic carbocycles. The number of aliphatic hydroxyl groups is 1. The minimum absolute atomic E-state index is 0.0105. The van der Waals surface area contributed by atoms with E-state index >= 15 is 0 Å². The third kappa shape index (κ3) is 3.61. The predicted octanol–water partition coefficient (Wildman–Crippen LogP) is 1.89. The van der Waals surface area contributed by atoms with Crippen molar-refractivity contribution in [2.45, 2.75) is 39.7 Å². The van der Waals surface area contributed by atoms with Gasteiger partial charge in [-0.05, 0) is 31.3 Å². The van der Waals surface area contributed by atoms with E-state index in [1.807, 2.05) is 4.90 Å². The molecule has 0 fully saturated rings. The lowest BCUT2D eigenvalue weighted by Crippen LogP contribution is -2.37. The van der Waals surface area contributed by atoms with Crippen LogP contribution in [0.5, 0.6) is 0 Å². The Balaban J connectivity index is 3.16. The van der Waals surface area contributed by atoms with Crippen LogP contribution < -0.4 is 10.6 Å². The van der Waals surface area contributed by atoms with Gasteiger partial charge in [0.2, 0.25) is 0 Å². The molecule has 20 heavy (non-hydrogen) atoms. The van der Waals surface area contributed by atoms with Gasteiger partial charge in [-0.1, -0.05) is 13.8 Å². The standard InChI is InChI=1S/C13H23N3O3S/c1-4-9(5-2)16(7-8-17)12-10(11(14)15-20-12)13(18)19-6-3/h9,17H,4-8H2,1-3H3,(H2,14,15). The molecule has 1 heterocycles. The van der Waals surface area contributed by atoms with Gasteiger partial charge in [0.15, 0.2) is 5.82 Å². The highest BCUT2D eigenvalue weighted by atomic mass is 32.1. The highest BCUT2D eigenvalue weighted by molar-refractivity contribution is 7.11. The van der Waals surface area contributed by atoms with Gasteiger partial charge in [0, 0.05) is 12.6 Å². The van der Waals surface area contributed by atoms with Crippen molar-refractivity contribution in [3.8, 4) is 0 Å². The second kappa shape index (κ2) is 8.06. The summed E-state index contributed by atoms with van der Waals surface area (Å²) in [5.74, 6) is -0.264. The minimum atomic E-state index is -0.456. The van der Waals surface area contributed by atoms with Gasteiger partial charge in [0.05, 0.1) is 13.2 Å². The van der Waals surface area contributed by atoms with Gasteiger partial charge in [-0.3, -0.25) is 0 Å². The number of aromatic nitrogens is 1. The number of hydrogen-bond acceptors (Lipinski definition) is 7. The van der Waals surface area contributed by atoms with Crippen LogP contribution >= 0.6 is 11.5 Å². The van der Waals surface area contributed by atoms with Gasteiger partial charge in [-0.25, -0.2) is 4.79 Å². The molecule has 0 saturated carbocycles. The lowest BCUT2D eigenvalue weighted by Gasteiger charge is -2.31. The van der Waals surface area contributed by atoms with E-state index in [2.05, 4.69) is 18.2 Å². The molecular weight excluding hydrogens is 278 g/mol. The second-order valence-corrected chi connectivity index (χ2v) is 5.11. The largest absolute Gasteiger partial charge is 0.462 e. The van der Waals surface area contributed by atoms with Crippen molar-refractivity contribution in [3.63, 3.8) is 0 Å². The summed E-state index contributed by atoms with van der Waals surface area (Å²) < 4.78 is 9.11. The van der Waals surface area contributed by atoms with Crippen LogP contribution in [0.25, 0.3) is 0 Å². The summed E-state index contributed by atoms with van der Waals surface area (Å²) in [6.07, 6.45) is 1.83. The van der Waals surface area contributed by atoms with Crippen LogP contribution in [-0.4, -0.2) is 41.2 Å². The fourth-order valence-corrected chi connectivity index (χ4v) is 3.07. The van der Waals surface area contributed by atoms with Crippen molar-refractivity contribution in [3.05, 3.63) is 5.56 Å². The highest BCUT2D eigenvalue weighted by Crippen LogP contribution is 2.33. The predicted molar refractivity (Wildman–Crippen MR) is 81.3 cm³/mol. The third-order valence-corrected chi connectivity index (χ3v) is 4.06. The van der Waals surface area contributed by atoms with Crippen molar-refractivity contribution in [2.75, 3.05) is 30.4 Å². The Morgan fingerprint density at radius 2 is 2.10 bits per heavy atom. The van der Waals surface area contributed by atoms with Crippen LogP contribution in [0.2, 0.25) is 0 Å². The molecule has 0 saturated heterocycles. The van der Waals surface area contributed by atoms with Gasteiger partial charge in [-0.2, -0.15) is 4.37 Å². The van der Waals surface area contributed by atoms with E-state index in [1.54, 1.807) is 6.92 Å². The number of anilines is 2. The zero-order valence-electron chi connectivity index (χ0n) is 12.3. The summed E-state index contributed by atoms with van der Waals surface area (Å²) in [5.41, 5.74) is 6.12. The third-order valence-electron chi connectivity index (χ3n) is 3.17. The van der Waals surface area contributed by atoms with Crippen LogP contribution in [0.4, 0.5) is 10.8 Å². The van der Waals surface area contributed by atoms with E-state index in [0.29, 0.717) is 23.7 Å². The second-order valence-electron chi connectivity index (χ2n) is 4.36. The van der Waals surface area contributed by atoms with E-state index in [1.165, 1.54) is 11.5 Å². The summed E-state index contributed by atoms with van der Waals surface area (Å²) in [5, 5.41) is 9.96. The molecule has 0 aliphatic rings. The van der Waals surface area contributed by atoms with Gasteiger partial charge in [0.25, 0.3) is 0 Å². The maximum Gasteiger partial charge on any atom is 0.345 e. The SMILES string of the molecule is CCOC(=O)c1c(N)nsc1N(CCO)C(CC)CC. The van der Waals surface area contributed by atoms with Gasteiger partial charge in [-0.15, -0.1) is 0 Å². The van der Waals surface area contributed by atoms with Crippen molar-refractivity contribution in [1.29, 1.82) is 0 Å². The number of hydrogen-bond donors (Lipinski definition) is 2. The average Bonchev–Trinajstić information content (AvgIpc) is 2.81. The van der Waals surface area contributed by atoms with Gasteiger partial charge < -0.3 is 20.5 Å². The normalized spacial score (nSPS) is 10.8. The quantitative estimate of drug-likeness (QED) is 0.713. The molecule has 114 valence electrons. The first-order chi connectivity index (χ1) is 9.60. The fraction of sp³-hybridized carbons (Fsp3) is 0.692. The van der Waals surface area contributed by atoms with E-state index in [4.69, 9.17) is 10.5 Å². The topological polar surface area (TPSA) is 88.7 Å². The molecule has 7 heteroatoms. The van der Waals surface area contributed by atoms with Crippen LogP contribution in [0.15, 0.2) is 0 Å². The number of carbonyl (C=O) groups excluding carboxylic acids is 1. The van der Waals surface area contributed by atoms with Gasteiger partial charge >= 0.3 is 5.97 Å². The molecule has 0 aliphatic heterocycles. The zero-order valence-corrected chi connectivity index (χ0v) is 13.1. The number of esters is 1. The summed E-state index contributed by atoms with van der Waals surface area (Å²) in [6, 6.07) is 0.232. The first-order valence-corrected chi connectivity index (χ1v) is 7.67. The molecule has 0 radical (unpaired) electrons. The fourth-order valence-electron chi connectivity index (χ4n) is 2.17. The van der Waals surface area contributed by atoms with Crippen LogP contribution in [0.3, 0.4) is 0 Å². The Bertz CT molecular complexity index is 432. The van der Waals surface area contributed by atoms with E-state index in [0.717, 1.165) is 12.8 Å². The van der Waals surface area contributed by atoms with Crippen molar-refractivity contribution in [2.24, 2.45) is 0 Å². The highest BCUT2D eigenvalue weighted by Gasteiger charge is 2.27. The van der Waals surface area contributed by atoms with E-state index in [-0.39, 0.29) is 18.5 Å². The first kappa shape index (κ1) is 16.7. The molecule has 0 amide bonds. The smallest absolute Gasteiger partial charge is 0.345 e. The molecule has 1 aromatic heterocycles. The molecular formula is C13H23N3O3S. The number of nitrogens with zero attached hydrogens (tertiary/aromatic N) is 2. The molecule has 0 unspecified atom stereocenters. The lowest BCUT2D eigenvalue weighted by molar-refractivity contribution is 0.0528. The maximum atomic E-state index is 12.0. The van der Waals surface area contributed by atoms with Crippen molar-refractivity contribution < 1.29 is 14.6 Å². The molecule has 0 aromatic carbocycles. The Kier molecular flexibility index (Phi) is 6.74. The maximum absolute atomic E-state index is 12.0. The molecule has 1 aromatic rings.